The van der Waals surface area contributed by atoms with Crippen molar-refractivity contribution in [1.82, 2.24) is 4.90 Å². The van der Waals surface area contributed by atoms with Crippen molar-refractivity contribution in [2.45, 2.75) is 6.04 Å². The third-order valence-corrected chi connectivity index (χ3v) is 2.47. The van der Waals surface area contributed by atoms with Crippen LogP contribution in [-0.2, 0) is 9.53 Å². The first kappa shape index (κ1) is 11.5. The summed E-state index contributed by atoms with van der Waals surface area (Å²) in [5.74, 6) is -1.28. The van der Waals surface area contributed by atoms with Gasteiger partial charge >= 0.3 is 5.97 Å². The smallest absolute Gasteiger partial charge is 0.310 e. The van der Waals surface area contributed by atoms with E-state index in [0.717, 1.165) is 0 Å². The molecule has 2 atom stereocenters. The predicted octanol–water partition coefficient (Wildman–Crippen LogP) is 0.770. The van der Waals surface area contributed by atoms with Gasteiger partial charge in [-0.05, 0) is 7.05 Å². The van der Waals surface area contributed by atoms with Crippen LogP contribution < -0.4 is 0 Å². The minimum absolute atomic E-state index is 0.108. The van der Waals surface area contributed by atoms with Crippen molar-refractivity contribution in [3.05, 3.63) is 11.6 Å². The van der Waals surface area contributed by atoms with E-state index >= 15 is 0 Å². The Kier molecular flexibility index (Phi) is 3.92. The molecule has 14 heavy (non-hydrogen) atoms. The summed E-state index contributed by atoms with van der Waals surface area (Å²) < 4.78 is 5.14. The van der Waals surface area contributed by atoms with Crippen LogP contribution in [-0.4, -0.2) is 48.8 Å². The first-order valence-electron chi connectivity index (χ1n) is 4.36. The van der Waals surface area contributed by atoms with Crippen LogP contribution in [0.15, 0.2) is 11.6 Å². The largest absolute Gasteiger partial charge is 0.481 e. The highest BCUT2D eigenvalue weighted by molar-refractivity contribution is 6.29. The fourth-order valence-electron chi connectivity index (χ4n) is 1.60. The third-order valence-electron chi connectivity index (χ3n) is 2.35. The summed E-state index contributed by atoms with van der Waals surface area (Å²) in [4.78, 5) is 12.7. The third kappa shape index (κ3) is 2.70. The molecule has 1 rings (SSSR count). The van der Waals surface area contributed by atoms with E-state index in [4.69, 9.17) is 21.4 Å². The Hall–Kier alpha value is -0.580. The van der Waals surface area contributed by atoms with Crippen molar-refractivity contribution < 1.29 is 14.6 Å². The topological polar surface area (TPSA) is 49.8 Å². The summed E-state index contributed by atoms with van der Waals surface area (Å²) in [7, 11) is 1.82. The molecule has 0 aromatic rings. The number of aliphatic carboxylic acids is 1. The first-order chi connectivity index (χ1) is 6.52. The molecule has 0 bridgehead atoms. The van der Waals surface area contributed by atoms with E-state index in [2.05, 4.69) is 6.58 Å². The van der Waals surface area contributed by atoms with Crippen LogP contribution in [0.3, 0.4) is 0 Å². The Morgan fingerprint density at radius 2 is 2.36 bits per heavy atom. The maximum Gasteiger partial charge on any atom is 0.310 e. The Morgan fingerprint density at radius 1 is 1.71 bits per heavy atom. The average molecular weight is 220 g/mol. The van der Waals surface area contributed by atoms with Crippen LogP contribution >= 0.6 is 11.6 Å². The minimum Gasteiger partial charge on any atom is -0.481 e. The summed E-state index contributed by atoms with van der Waals surface area (Å²) in [6.07, 6.45) is 0. The molecule has 1 fully saturated rings. The molecule has 0 aromatic carbocycles. The van der Waals surface area contributed by atoms with Crippen molar-refractivity contribution in [1.29, 1.82) is 0 Å². The SMILES string of the molecule is C=C(Cl)CN(C)C1COCC1C(=O)O. The molecular formula is C9H14ClNO3. The number of ether oxygens (including phenoxy) is 1. The monoisotopic (exact) mass is 219 g/mol. The molecule has 1 aliphatic heterocycles. The van der Waals surface area contributed by atoms with E-state index in [1.165, 1.54) is 0 Å². The maximum absolute atomic E-state index is 10.8. The first-order valence-corrected chi connectivity index (χ1v) is 4.74. The van der Waals surface area contributed by atoms with Gasteiger partial charge in [0.1, 0.15) is 0 Å². The maximum atomic E-state index is 10.8. The molecule has 0 spiro atoms. The number of carboxylic acid groups (broad SMARTS) is 1. The lowest BCUT2D eigenvalue weighted by atomic mass is 10.0. The van der Waals surface area contributed by atoms with Gasteiger partial charge in [0.15, 0.2) is 0 Å². The quantitative estimate of drug-likeness (QED) is 0.759. The van der Waals surface area contributed by atoms with Gasteiger partial charge in [0.05, 0.1) is 19.1 Å². The summed E-state index contributed by atoms with van der Waals surface area (Å²) in [5.41, 5.74) is 0. The molecule has 1 heterocycles. The van der Waals surface area contributed by atoms with Crippen LogP contribution in [0, 0.1) is 5.92 Å². The molecule has 0 saturated carbocycles. The van der Waals surface area contributed by atoms with Crippen molar-refractivity contribution in [3.63, 3.8) is 0 Å². The fraction of sp³-hybridized carbons (Fsp3) is 0.667. The van der Waals surface area contributed by atoms with E-state index in [9.17, 15) is 4.79 Å². The number of halogens is 1. The minimum atomic E-state index is -0.820. The lowest BCUT2D eigenvalue weighted by Crippen LogP contribution is -2.41. The van der Waals surface area contributed by atoms with Gasteiger partial charge in [-0.1, -0.05) is 18.2 Å². The number of nitrogens with zero attached hydrogens (tertiary/aromatic N) is 1. The highest BCUT2D eigenvalue weighted by Gasteiger charge is 2.36. The summed E-state index contributed by atoms with van der Waals surface area (Å²) in [6.45, 7) is 4.78. The van der Waals surface area contributed by atoms with Gasteiger partial charge in [-0.3, -0.25) is 9.69 Å². The molecule has 1 saturated heterocycles. The Bertz CT molecular complexity index is 244. The zero-order valence-electron chi connectivity index (χ0n) is 8.07. The number of carboxylic acids is 1. The number of hydrogen-bond donors (Lipinski definition) is 1. The average Bonchev–Trinajstić information content (AvgIpc) is 2.49. The molecule has 0 amide bonds. The normalized spacial score (nSPS) is 26.8. The van der Waals surface area contributed by atoms with Gasteiger partial charge in [-0.15, -0.1) is 0 Å². The number of carbonyl (C=O) groups is 1. The van der Waals surface area contributed by atoms with Gasteiger partial charge in [0, 0.05) is 17.6 Å². The van der Waals surface area contributed by atoms with Gasteiger partial charge in [-0.25, -0.2) is 0 Å². The standard InChI is InChI=1S/C9H14ClNO3/c1-6(10)3-11(2)8-5-14-4-7(8)9(12)13/h7-8H,1,3-5H2,2H3,(H,12,13). The lowest BCUT2D eigenvalue weighted by Gasteiger charge is -2.25. The van der Waals surface area contributed by atoms with Crippen LogP contribution in [0.4, 0.5) is 0 Å². The van der Waals surface area contributed by atoms with E-state index < -0.39 is 11.9 Å². The van der Waals surface area contributed by atoms with Crippen molar-refractivity contribution >= 4 is 17.6 Å². The Morgan fingerprint density at radius 3 is 2.86 bits per heavy atom. The van der Waals surface area contributed by atoms with E-state index in [0.29, 0.717) is 18.2 Å². The molecular weight excluding hydrogens is 206 g/mol. The molecule has 80 valence electrons. The van der Waals surface area contributed by atoms with Crippen molar-refractivity contribution in [2.75, 3.05) is 26.8 Å². The van der Waals surface area contributed by atoms with Crippen LogP contribution in [0.2, 0.25) is 0 Å². The zero-order chi connectivity index (χ0) is 10.7. The number of likely N-dealkylation sites (N-methyl/N-ethyl adjacent to an activating group) is 1. The van der Waals surface area contributed by atoms with Crippen LogP contribution in [0.1, 0.15) is 0 Å². The van der Waals surface area contributed by atoms with E-state index in [1.54, 1.807) is 0 Å². The highest BCUT2D eigenvalue weighted by atomic mass is 35.5. The van der Waals surface area contributed by atoms with Crippen molar-refractivity contribution in [3.8, 4) is 0 Å². The predicted molar refractivity (Wildman–Crippen MR) is 53.4 cm³/mol. The second-order valence-electron chi connectivity index (χ2n) is 3.48. The Balaban J connectivity index is 2.57. The van der Waals surface area contributed by atoms with Gasteiger partial charge in [-0.2, -0.15) is 0 Å². The second-order valence-corrected chi connectivity index (χ2v) is 4.02. The van der Waals surface area contributed by atoms with Gasteiger partial charge < -0.3 is 9.84 Å². The van der Waals surface area contributed by atoms with Gasteiger partial charge in [0.25, 0.3) is 0 Å². The van der Waals surface area contributed by atoms with E-state index in [-0.39, 0.29) is 12.6 Å². The number of hydrogen-bond acceptors (Lipinski definition) is 3. The van der Waals surface area contributed by atoms with Crippen LogP contribution in [0.5, 0.6) is 0 Å². The summed E-state index contributed by atoms with van der Waals surface area (Å²) >= 11 is 5.65. The molecule has 5 heteroatoms. The second kappa shape index (κ2) is 4.77. The summed E-state index contributed by atoms with van der Waals surface area (Å²) in [5, 5.41) is 9.41. The Labute approximate surface area is 88.1 Å². The molecule has 4 nitrogen and oxygen atoms in total. The highest BCUT2D eigenvalue weighted by Crippen LogP contribution is 2.19. The molecule has 0 aromatic heterocycles. The molecule has 1 N–H and O–H groups in total. The molecule has 2 unspecified atom stereocenters. The molecule has 1 aliphatic rings. The molecule has 0 aliphatic carbocycles. The van der Waals surface area contributed by atoms with Crippen LogP contribution in [0.25, 0.3) is 0 Å². The fourth-order valence-corrected chi connectivity index (χ4v) is 1.79. The van der Waals surface area contributed by atoms with Gasteiger partial charge in [0.2, 0.25) is 0 Å². The zero-order valence-corrected chi connectivity index (χ0v) is 8.83. The summed E-state index contributed by atoms with van der Waals surface area (Å²) in [6, 6.07) is -0.108. The lowest BCUT2D eigenvalue weighted by molar-refractivity contribution is -0.143. The van der Waals surface area contributed by atoms with Crippen molar-refractivity contribution in [2.24, 2.45) is 5.92 Å². The van der Waals surface area contributed by atoms with E-state index in [1.807, 2.05) is 11.9 Å². The number of rotatable bonds is 4. The molecule has 0 radical (unpaired) electrons.